The van der Waals surface area contributed by atoms with Gasteiger partial charge in [0.15, 0.2) is 0 Å². The van der Waals surface area contributed by atoms with E-state index in [0.717, 1.165) is 5.56 Å². The molecule has 5 nitrogen and oxygen atoms in total. The van der Waals surface area contributed by atoms with Crippen molar-refractivity contribution in [2.45, 2.75) is 45.1 Å². The average Bonchev–Trinajstić information content (AvgIpc) is 2.44. The van der Waals surface area contributed by atoms with Gasteiger partial charge < -0.3 is 5.32 Å². The van der Waals surface area contributed by atoms with Crippen molar-refractivity contribution < 1.29 is 13.2 Å². The molecule has 0 saturated heterocycles. The molecule has 0 spiro atoms. The Morgan fingerprint density at radius 2 is 1.68 bits per heavy atom. The molecule has 0 aliphatic rings. The second-order valence-corrected chi connectivity index (χ2v) is 8.84. The van der Waals surface area contributed by atoms with Crippen LogP contribution in [0.5, 0.6) is 0 Å². The lowest BCUT2D eigenvalue weighted by atomic mass is 10.1. The molecule has 2 N–H and O–H groups in total. The highest BCUT2D eigenvalue weighted by atomic mass is 32.2. The Kier molecular flexibility index (Phi) is 5.34. The number of carbonyl (C=O) groups is 1. The molecule has 134 valence electrons. The van der Waals surface area contributed by atoms with Crippen molar-refractivity contribution in [1.82, 2.24) is 4.72 Å². The zero-order chi connectivity index (χ0) is 18.8. The third kappa shape index (κ3) is 5.14. The minimum atomic E-state index is -3.70. The number of benzene rings is 2. The largest absolute Gasteiger partial charge is 0.322 e. The van der Waals surface area contributed by atoms with Gasteiger partial charge in [-0.15, -0.1) is 0 Å². The quantitative estimate of drug-likeness (QED) is 0.874. The Morgan fingerprint density at radius 3 is 2.28 bits per heavy atom. The molecule has 0 aromatic heterocycles. The van der Waals surface area contributed by atoms with E-state index in [1.165, 1.54) is 12.1 Å². The molecular weight excluding hydrogens is 336 g/mol. The number of nitrogens with one attached hydrogen (secondary N) is 2. The minimum absolute atomic E-state index is 0.0717. The molecule has 6 heteroatoms. The van der Waals surface area contributed by atoms with Gasteiger partial charge in [0.1, 0.15) is 0 Å². The van der Waals surface area contributed by atoms with E-state index in [-0.39, 0.29) is 10.8 Å². The van der Waals surface area contributed by atoms with Crippen molar-refractivity contribution in [2.75, 3.05) is 5.32 Å². The van der Waals surface area contributed by atoms with E-state index in [1.54, 1.807) is 39.8 Å². The van der Waals surface area contributed by atoms with E-state index in [1.807, 2.05) is 25.1 Å². The maximum atomic E-state index is 12.6. The lowest BCUT2D eigenvalue weighted by Crippen LogP contribution is -2.40. The van der Waals surface area contributed by atoms with Crippen LogP contribution < -0.4 is 10.0 Å². The van der Waals surface area contributed by atoms with Crippen LogP contribution in [0.15, 0.2) is 47.4 Å². The molecule has 0 heterocycles. The molecule has 0 atom stereocenters. The predicted octanol–water partition coefficient (Wildman–Crippen LogP) is 3.63. The topological polar surface area (TPSA) is 75.3 Å². The molecular formula is C19H24N2O3S. The summed E-state index contributed by atoms with van der Waals surface area (Å²) < 4.78 is 27.6. The first kappa shape index (κ1) is 19.1. The summed E-state index contributed by atoms with van der Waals surface area (Å²) in [4.78, 5) is 12.7. The SMILES string of the molecule is Cc1cccc(NC(=O)c2cc(S(=O)(=O)NC(C)(C)C)ccc2C)c1. The van der Waals surface area contributed by atoms with Crippen molar-refractivity contribution in [3.63, 3.8) is 0 Å². The maximum absolute atomic E-state index is 12.6. The lowest BCUT2D eigenvalue weighted by Gasteiger charge is -2.20. The van der Waals surface area contributed by atoms with Crippen LogP contribution in [0.1, 0.15) is 42.3 Å². The molecule has 0 aliphatic carbocycles. The van der Waals surface area contributed by atoms with Gasteiger partial charge in [-0.05, 0) is 70.0 Å². The Balaban J connectivity index is 2.34. The van der Waals surface area contributed by atoms with Gasteiger partial charge in [0, 0.05) is 16.8 Å². The summed E-state index contributed by atoms with van der Waals surface area (Å²) in [6.07, 6.45) is 0. The van der Waals surface area contributed by atoms with E-state index in [2.05, 4.69) is 10.0 Å². The van der Waals surface area contributed by atoms with E-state index in [4.69, 9.17) is 0 Å². The highest BCUT2D eigenvalue weighted by molar-refractivity contribution is 7.89. The number of sulfonamides is 1. The van der Waals surface area contributed by atoms with Gasteiger partial charge in [-0.3, -0.25) is 4.79 Å². The zero-order valence-corrected chi connectivity index (χ0v) is 16.0. The predicted molar refractivity (Wildman–Crippen MR) is 100 cm³/mol. The van der Waals surface area contributed by atoms with Gasteiger partial charge in [0.05, 0.1) is 4.90 Å². The summed E-state index contributed by atoms with van der Waals surface area (Å²) in [7, 11) is -3.70. The van der Waals surface area contributed by atoms with Gasteiger partial charge in [0.2, 0.25) is 10.0 Å². The molecule has 0 fully saturated rings. The van der Waals surface area contributed by atoms with Crippen LogP contribution in [-0.4, -0.2) is 19.9 Å². The molecule has 0 radical (unpaired) electrons. The van der Waals surface area contributed by atoms with Crippen molar-refractivity contribution in [2.24, 2.45) is 0 Å². The van der Waals surface area contributed by atoms with E-state index in [9.17, 15) is 13.2 Å². The van der Waals surface area contributed by atoms with Crippen LogP contribution >= 0.6 is 0 Å². The first-order valence-corrected chi connectivity index (χ1v) is 9.49. The standard InChI is InChI=1S/C19H24N2O3S/c1-13-7-6-8-15(11-13)20-18(22)17-12-16(10-9-14(17)2)25(23,24)21-19(3,4)5/h6-12,21H,1-5H3,(H,20,22). The highest BCUT2D eigenvalue weighted by Gasteiger charge is 2.23. The van der Waals surface area contributed by atoms with Gasteiger partial charge >= 0.3 is 0 Å². The summed E-state index contributed by atoms with van der Waals surface area (Å²) in [5.74, 6) is -0.337. The first-order valence-electron chi connectivity index (χ1n) is 8.01. The van der Waals surface area contributed by atoms with Crippen molar-refractivity contribution in [3.8, 4) is 0 Å². The number of rotatable bonds is 4. The Labute approximate surface area is 149 Å². The van der Waals surface area contributed by atoms with Crippen molar-refractivity contribution in [3.05, 3.63) is 59.2 Å². The third-order valence-corrected chi connectivity index (χ3v) is 5.24. The summed E-state index contributed by atoms with van der Waals surface area (Å²) in [5.41, 5.74) is 2.14. The van der Waals surface area contributed by atoms with Crippen LogP contribution in [0.3, 0.4) is 0 Å². The molecule has 2 aromatic carbocycles. The summed E-state index contributed by atoms with van der Waals surface area (Å²) in [5, 5.41) is 2.81. The second-order valence-electron chi connectivity index (χ2n) is 7.16. The molecule has 2 aromatic rings. The first-order chi connectivity index (χ1) is 11.5. The Morgan fingerprint density at radius 1 is 1.00 bits per heavy atom. The fraction of sp³-hybridized carbons (Fsp3) is 0.316. The Hall–Kier alpha value is -2.18. The molecule has 1 amide bonds. The van der Waals surface area contributed by atoms with Gasteiger partial charge in [-0.25, -0.2) is 13.1 Å². The molecule has 2 rings (SSSR count). The maximum Gasteiger partial charge on any atom is 0.255 e. The number of hydrogen-bond acceptors (Lipinski definition) is 3. The van der Waals surface area contributed by atoms with Crippen LogP contribution in [0, 0.1) is 13.8 Å². The second kappa shape index (κ2) is 6.98. The average molecular weight is 360 g/mol. The van der Waals surface area contributed by atoms with E-state index < -0.39 is 15.6 Å². The molecule has 0 unspecified atom stereocenters. The zero-order valence-electron chi connectivity index (χ0n) is 15.2. The number of anilines is 1. The lowest BCUT2D eigenvalue weighted by molar-refractivity contribution is 0.102. The number of carbonyl (C=O) groups excluding carboxylic acids is 1. The van der Waals surface area contributed by atoms with Gasteiger partial charge in [0.25, 0.3) is 5.91 Å². The fourth-order valence-corrected chi connectivity index (χ4v) is 3.84. The van der Waals surface area contributed by atoms with Gasteiger partial charge in [-0.1, -0.05) is 18.2 Å². The third-order valence-electron chi connectivity index (χ3n) is 3.48. The highest BCUT2D eigenvalue weighted by Crippen LogP contribution is 2.19. The smallest absolute Gasteiger partial charge is 0.255 e. The van der Waals surface area contributed by atoms with Crippen LogP contribution in [-0.2, 0) is 10.0 Å². The van der Waals surface area contributed by atoms with Crippen LogP contribution in [0.4, 0.5) is 5.69 Å². The van der Waals surface area contributed by atoms with Crippen LogP contribution in [0.25, 0.3) is 0 Å². The summed E-state index contributed by atoms with van der Waals surface area (Å²) >= 11 is 0. The fourth-order valence-electron chi connectivity index (χ4n) is 2.40. The minimum Gasteiger partial charge on any atom is -0.322 e. The molecule has 25 heavy (non-hydrogen) atoms. The van der Waals surface area contributed by atoms with E-state index in [0.29, 0.717) is 16.8 Å². The van der Waals surface area contributed by atoms with Crippen molar-refractivity contribution in [1.29, 1.82) is 0 Å². The van der Waals surface area contributed by atoms with Crippen molar-refractivity contribution >= 4 is 21.6 Å². The van der Waals surface area contributed by atoms with Gasteiger partial charge in [-0.2, -0.15) is 0 Å². The summed E-state index contributed by atoms with van der Waals surface area (Å²) in [6, 6.07) is 12.0. The molecule has 0 bridgehead atoms. The Bertz CT molecular complexity index is 897. The monoisotopic (exact) mass is 360 g/mol. The number of aryl methyl sites for hydroxylation is 2. The summed E-state index contributed by atoms with van der Waals surface area (Å²) in [6.45, 7) is 9.02. The number of amides is 1. The number of hydrogen-bond donors (Lipinski definition) is 2. The molecule has 0 aliphatic heterocycles. The van der Waals surface area contributed by atoms with E-state index >= 15 is 0 Å². The molecule has 0 saturated carbocycles. The normalized spacial score (nSPS) is 12.0. The van der Waals surface area contributed by atoms with Crippen LogP contribution in [0.2, 0.25) is 0 Å².